The van der Waals surface area contributed by atoms with E-state index in [2.05, 4.69) is 254 Å². The van der Waals surface area contributed by atoms with Gasteiger partial charge in [0.2, 0.25) is 0 Å². The molecule has 0 bridgehead atoms. The van der Waals surface area contributed by atoms with Crippen molar-refractivity contribution in [2.45, 2.75) is 0 Å². The molecular weight excluding hydrogens is 791 g/mol. The van der Waals surface area contributed by atoms with Crippen LogP contribution in [0.3, 0.4) is 0 Å². The Balaban J connectivity index is 0.914. The van der Waals surface area contributed by atoms with Gasteiger partial charge in [-0.2, -0.15) is 0 Å². The highest BCUT2D eigenvalue weighted by Gasteiger charge is 2.16. The van der Waals surface area contributed by atoms with Crippen molar-refractivity contribution in [1.82, 2.24) is 0 Å². The van der Waals surface area contributed by atoms with Gasteiger partial charge < -0.3 is 4.90 Å². The van der Waals surface area contributed by atoms with Crippen molar-refractivity contribution >= 4 is 70.1 Å². The number of hydrogen-bond acceptors (Lipinski definition) is 2. The van der Waals surface area contributed by atoms with Crippen molar-refractivity contribution in [3.63, 3.8) is 0 Å². The Bertz CT molecular complexity index is 3670. The van der Waals surface area contributed by atoms with Gasteiger partial charge >= 0.3 is 0 Å². The zero-order valence-corrected chi connectivity index (χ0v) is 35.8. The van der Waals surface area contributed by atoms with E-state index in [1.54, 1.807) is 0 Å². The van der Waals surface area contributed by atoms with Crippen LogP contribution >= 0.6 is 11.3 Å². The molecule has 0 amide bonds. The number of rotatable bonds is 8. The molecule has 0 fully saturated rings. The Kier molecular flexibility index (Phi) is 9.43. The zero-order chi connectivity index (χ0) is 42.4. The lowest BCUT2D eigenvalue weighted by Gasteiger charge is -2.26. The van der Waals surface area contributed by atoms with E-state index < -0.39 is 0 Å². The molecule has 0 unspecified atom stereocenters. The predicted octanol–water partition coefficient (Wildman–Crippen LogP) is 18.2. The summed E-state index contributed by atoms with van der Waals surface area (Å²) in [6.45, 7) is 0. The smallest absolute Gasteiger partial charge is 0.0467 e. The normalized spacial score (nSPS) is 11.4. The minimum absolute atomic E-state index is 1.09. The minimum atomic E-state index is 1.09. The molecule has 0 radical (unpaired) electrons. The second-order valence-corrected chi connectivity index (χ2v) is 17.6. The lowest BCUT2D eigenvalue weighted by Crippen LogP contribution is -2.10. The van der Waals surface area contributed by atoms with Crippen molar-refractivity contribution in [3.8, 4) is 55.6 Å². The zero-order valence-electron chi connectivity index (χ0n) is 35.0. The van der Waals surface area contributed by atoms with Gasteiger partial charge in [-0.1, -0.05) is 188 Å². The van der Waals surface area contributed by atoms with Crippen LogP contribution in [0.25, 0.3) is 97.4 Å². The largest absolute Gasteiger partial charge is 0.310 e. The fourth-order valence-corrected chi connectivity index (χ4v) is 10.7. The van der Waals surface area contributed by atoms with Crippen molar-refractivity contribution in [2.24, 2.45) is 0 Å². The van der Waals surface area contributed by atoms with Crippen LogP contribution in [0.1, 0.15) is 0 Å². The monoisotopic (exact) mass is 831 g/mol. The maximum absolute atomic E-state index is 2.38. The van der Waals surface area contributed by atoms with Crippen molar-refractivity contribution < 1.29 is 0 Å². The molecule has 0 aliphatic carbocycles. The molecule has 300 valence electrons. The third-order valence-electron chi connectivity index (χ3n) is 12.6. The molecule has 0 aliphatic rings. The summed E-state index contributed by atoms with van der Waals surface area (Å²) < 4.78 is 2.66. The number of benzene rings is 11. The summed E-state index contributed by atoms with van der Waals surface area (Å²) in [6, 6.07) is 90.9. The third-order valence-corrected chi connectivity index (χ3v) is 13.9. The quantitative estimate of drug-likeness (QED) is 0.147. The van der Waals surface area contributed by atoms with Gasteiger partial charge in [0.15, 0.2) is 0 Å². The first-order chi connectivity index (χ1) is 31.7. The Hall–Kier alpha value is -8.04. The Morgan fingerprint density at radius 1 is 0.250 bits per heavy atom. The number of thiophene rings is 1. The molecule has 2 heteroatoms. The molecule has 0 aliphatic heterocycles. The van der Waals surface area contributed by atoms with Gasteiger partial charge in [0.1, 0.15) is 0 Å². The number of nitrogens with zero attached hydrogens (tertiary/aromatic N) is 1. The van der Waals surface area contributed by atoms with E-state index in [-0.39, 0.29) is 0 Å². The first-order valence-corrected chi connectivity index (χ1v) is 22.7. The highest BCUT2D eigenvalue weighted by atomic mass is 32.1. The number of anilines is 3. The minimum Gasteiger partial charge on any atom is -0.310 e. The van der Waals surface area contributed by atoms with Crippen LogP contribution in [0.15, 0.2) is 249 Å². The summed E-state index contributed by atoms with van der Waals surface area (Å²) in [4.78, 5) is 2.38. The third kappa shape index (κ3) is 6.91. The second-order valence-electron chi connectivity index (χ2n) is 16.5. The lowest BCUT2D eigenvalue weighted by atomic mass is 9.95. The first kappa shape index (κ1) is 37.7. The molecule has 0 saturated carbocycles. The summed E-state index contributed by atoms with van der Waals surface area (Å²) in [6.07, 6.45) is 0. The van der Waals surface area contributed by atoms with E-state index in [1.807, 2.05) is 11.3 Å². The highest BCUT2D eigenvalue weighted by Crippen LogP contribution is 2.42. The Morgan fingerprint density at radius 2 is 0.734 bits per heavy atom. The van der Waals surface area contributed by atoms with Crippen LogP contribution in [0.4, 0.5) is 17.1 Å². The van der Waals surface area contributed by atoms with E-state index >= 15 is 0 Å². The van der Waals surface area contributed by atoms with Crippen LogP contribution in [0, 0.1) is 0 Å². The van der Waals surface area contributed by atoms with Gasteiger partial charge in [-0.25, -0.2) is 0 Å². The summed E-state index contributed by atoms with van der Waals surface area (Å²) >= 11 is 1.88. The maximum atomic E-state index is 2.38. The fraction of sp³-hybridized carbons (Fsp3) is 0. The number of fused-ring (bicyclic) bond motifs is 5. The fourth-order valence-electron chi connectivity index (χ4n) is 9.43. The summed E-state index contributed by atoms with van der Waals surface area (Å²) in [7, 11) is 0. The molecule has 0 spiro atoms. The van der Waals surface area contributed by atoms with Gasteiger partial charge in [-0.15, -0.1) is 11.3 Å². The average molecular weight is 832 g/mol. The van der Waals surface area contributed by atoms with Crippen LogP contribution < -0.4 is 4.90 Å². The van der Waals surface area contributed by atoms with Gasteiger partial charge in [0.05, 0.1) is 0 Å². The lowest BCUT2D eigenvalue weighted by molar-refractivity contribution is 1.28. The van der Waals surface area contributed by atoms with E-state index in [9.17, 15) is 0 Å². The standard InChI is InChI=1S/C62H41NS/c1-2-14-46-38-50(29-28-42(46)12-1)49-18-9-21-55(41-49)63(53-34-30-43(31-35-53)47-16-7-19-51(39-47)57-24-10-15-45-13-3-4-22-56(45)57)54-36-32-44(33-37-54)48-17-8-20-52(40-48)58-25-11-26-60-59-23-5-6-27-61(59)64-62(58)60/h1-41H. The molecule has 1 aromatic heterocycles. The SMILES string of the molecule is c1cc(-c2ccc(N(c3ccc(-c4cccc(-c5cccc6c5sc5ccccc56)c4)cc3)c3cccc(-c4ccc5ccccc5c4)c3)cc2)cc(-c2cccc3ccccc23)c1. The van der Waals surface area contributed by atoms with Crippen molar-refractivity contribution in [2.75, 3.05) is 4.90 Å². The molecule has 0 N–H and O–H groups in total. The van der Waals surface area contributed by atoms with Crippen LogP contribution in [0.5, 0.6) is 0 Å². The van der Waals surface area contributed by atoms with Gasteiger partial charge in [0.25, 0.3) is 0 Å². The summed E-state index contributed by atoms with van der Waals surface area (Å²) in [5, 5.41) is 7.64. The van der Waals surface area contributed by atoms with E-state index in [4.69, 9.17) is 0 Å². The highest BCUT2D eigenvalue weighted by molar-refractivity contribution is 7.26. The molecule has 12 rings (SSSR count). The first-order valence-electron chi connectivity index (χ1n) is 21.9. The summed E-state index contributed by atoms with van der Waals surface area (Å²) in [5.74, 6) is 0. The predicted molar refractivity (Wildman–Crippen MR) is 276 cm³/mol. The van der Waals surface area contributed by atoms with Crippen LogP contribution in [0.2, 0.25) is 0 Å². The van der Waals surface area contributed by atoms with E-state index in [1.165, 1.54) is 97.4 Å². The maximum Gasteiger partial charge on any atom is 0.0467 e. The topological polar surface area (TPSA) is 3.24 Å². The van der Waals surface area contributed by atoms with Crippen LogP contribution in [-0.4, -0.2) is 0 Å². The van der Waals surface area contributed by atoms with Crippen LogP contribution in [-0.2, 0) is 0 Å². The molecule has 12 aromatic rings. The second kappa shape index (κ2) is 16.0. The van der Waals surface area contributed by atoms with Crippen molar-refractivity contribution in [3.05, 3.63) is 249 Å². The molecule has 64 heavy (non-hydrogen) atoms. The Morgan fingerprint density at radius 3 is 1.47 bits per heavy atom. The van der Waals surface area contributed by atoms with Gasteiger partial charge in [0, 0.05) is 37.2 Å². The molecule has 1 heterocycles. The Labute approximate surface area is 377 Å². The average Bonchev–Trinajstić information content (AvgIpc) is 3.76. The number of hydrogen-bond donors (Lipinski definition) is 0. The molecule has 11 aromatic carbocycles. The molecule has 0 atom stereocenters. The molecular formula is C62H41NS. The molecule has 1 nitrogen and oxygen atoms in total. The van der Waals surface area contributed by atoms with Gasteiger partial charge in [-0.05, 0) is 138 Å². The molecule has 0 saturated heterocycles. The summed E-state index contributed by atoms with van der Waals surface area (Å²) in [5.41, 5.74) is 15.4. The van der Waals surface area contributed by atoms with E-state index in [0.29, 0.717) is 0 Å². The van der Waals surface area contributed by atoms with Gasteiger partial charge in [-0.3, -0.25) is 0 Å². The van der Waals surface area contributed by atoms with Crippen molar-refractivity contribution in [1.29, 1.82) is 0 Å². The van der Waals surface area contributed by atoms with E-state index in [0.717, 1.165) is 17.1 Å².